The Kier molecular flexibility index (Phi) is 4.66. The zero-order valence-corrected chi connectivity index (χ0v) is 11.3. The van der Waals surface area contributed by atoms with E-state index in [-0.39, 0.29) is 0 Å². The lowest BCUT2D eigenvalue weighted by atomic mass is 10.2. The van der Waals surface area contributed by atoms with Crippen LogP contribution in [-0.4, -0.2) is 28.0 Å². The highest BCUT2D eigenvalue weighted by atomic mass is 15.1. The van der Waals surface area contributed by atoms with E-state index in [1.54, 1.807) is 6.20 Å². The molecule has 100 valence electrons. The van der Waals surface area contributed by atoms with Gasteiger partial charge in [-0.25, -0.2) is 4.98 Å². The number of aromatic nitrogens is 3. The second kappa shape index (κ2) is 6.68. The van der Waals surface area contributed by atoms with Gasteiger partial charge >= 0.3 is 0 Å². The Hall–Kier alpha value is -2.17. The number of hydrogen-bond donors (Lipinski definition) is 2. The van der Waals surface area contributed by atoms with Crippen molar-refractivity contribution < 1.29 is 0 Å². The monoisotopic (exact) mass is 257 g/mol. The van der Waals surface area contributed by atoms with Crippen LogP contribution in [0.4, 0.5) is 11.8 Å². The number of aryl methyl sites for hydroxylation is 1. The zero-order chi connectivity index (χ0) is 13.5. The smallest absolute Gasteiger partial charge is 0.224 e. The standard InChI is InChI=1S/C14H19N5/c1-3-16-14-18-11(2)9-13(19-14)17-8-6-12-5-4-7-15-10-12/h4-5,7,9-10H,3,6,8H2,1-2H3,(H2,16,17,18,19). The first-order chi connectivity index (χ1) is 9.28. The summed E-state index contributed by atoms with van der Waals surface area (Å²) in [5.74, 6) is 1.53. The van der Waals surface area contributed by atoms with Crippen LogP contribution in [0.1, 0.15) is 18.2 Å². The highest BCUT2D eigenvalue weighted by molar-refractivity contribution is 5.42. The first-order valence-corrected chi connectivity index (χ1v) is 6.50. The van der Waals surface area contributed by atoms with Crippen LogP contribution in [0.25, 0.3) is 0 Å². The number of hydrogen-bond acceptors (Lipinski definition) is 5. The Labute approximate surface area is 113 Å². The van der Waals surface area contributed by atoms with Crippen LogP contribution in [0.2, 0.25) is 0 Å². The summed E-state index contributed by atoms with van der Waals surface area (Å²) in [6.45, 7) is 5.64. The van der Waals surface area contributed by atoms with Crippen molar-refractivity contribution >= 4 is 11.8 Å². The minimum atomic E-state index is 0.673. The summed E-state index contributed by atoms with van der Waals surface area (Å²) in [6.07, 6.45) is 4.60. The molecule has 2 aromatic heterocycles. The second-order valence-corrected chi connectivity index (χ2v) is 4.29. The molecule has 0 atom stereocenters. The molecule has 19 heavy (non-hydrogen) atoms. The Morgan fingerprint density at radius 2 is 2.11 bits per heavy atom. The summed E-state index contributed by atoms with van der Waals surface area (Å²) in [5, 5.41) is 6.44. The van der Waals surface area contributed by atoms with Crippen molar-refractivity contribution in [2.45, 2.75) is 20.3 Å². The van der Waals surface area contributed by atoms with Crippen molar-refractivity contribution in [3.63, 3.8) is 0 Å². The van der Waals surface area contributed by atoms with Gasteiger partial charge in [-0.1, -0.05) is 6.07 Å². The first-order valence-electron chi connectivity index (χ1n) is 6.50. The number of nitrogens with one attached hydrogen (secondary N) is 2. The predicted molar refractivity (Wildman–Crippen MR) is 77.4 cm³/mol. The molecule has 2 rings (SSSR count). The number of nitrogens with zero attached hydrogens (tertiary/aromatic N) is 3. The molecule has 0 aliphatic heterocycles. The Bertz CT molecular complexity index is 512. The summed E-state index contributed by atoms with van der Waals surface area (Å²) in [5.41, 5.74) is 2.17. The van der Waals surface area contributed by atoms with Gasteiger partial charge in [-0.15, -0.1) is 0 Å². The lowest BCUT2D eigenvalue weighted by Crippen LogP contribution is -2.10. The van der Waals surface area contributed by atoms with Crippen molar-refractivity contribution in [1.29, 1.82) is 0 Å². The molecule has 0 amide bonds. The first kappa shape index (κ1) is 13.3. The number of anilines is 2. The fraction of sp³-hybridized carbons (Fsp3) is 0.357. The van der Waals surface area contributed by atoms with E-state index >= 15 is 0 Å². The van der Waals surface area contributed by atoms with Gasteiger partial charge in [-0.05, 0) is 31.9 Å². The molecule has 2 heterocycles. The van der Waals surface area contributed by atoms with Crippen molar-refractivity contribution in [1.82, 2.24) is 15.0 Å². The summed E-state index contributed by atoms with van der Waals surface area (Å²) in [6, 6.07) is 5.97. The van der Waals surface area contributed by atoms with Gasteiger partial charge in [0.2, 0.25) is 5.95 Å². The van der Waals surface area contributed by atoms with Gasteiger partial charge in [0.25, 0.3) is 0 Å². The predicted octanol–water partition coefficient (Wildman–Crippen LogP) is 2.27. The van der Waals surface area contributed by atoms with Gasteiger partial charge in [0, 0.05) is 37.2 Å². The van der Waals surface area contributed by atoms with E-state index in [1.165, 1.54) is 5.56 Å². The van der Waals surface area contributed by atoms with E-state index < -0.39 is 0 Å². The highest BCUT2D eigenvalue weighted by Gasteiger charge is 2.01. The lowest BCUT2D eigenvalue weighted by Gasteiger charge is -2.08. The fourth-order valence-corrected chi connectivity index (χ4v) is 1.78. The van der Waals surface area contributed by atoms with Crippen LogP contribution in [0.15, 0.2) is 30.6 Å². The van der Waals surface area contributed by atoms with Crippen LogP contribution in [-0.2, 0) is 6.42 Å². The topological polar surface area (TPSA) is 62.7 Å². The van der Waals surface area contributed by atoms with Gasteiger partial charge in [0.1, 0.15) is 5.82 Å². The molecular formula is C14H19N5. The highest BCUT2D eigenvalue weighted by Crippen LogP contribution is 2.09. The minimum Gasteiger partial charge on any atom is -0.370 e. The summed E-state index contributed by atoms with van der Waals surface area (Å²) in [7, 11) is 0. The molecule has 0 aliphatic carbocycles. The third kappa shape index (κ3) is 4.21. The van der Waals surface area contributed by atoms with Crippen LogP contribution < -0.4 is 10.6 Å². The second-order valence-electron chi connectivity index (χ2n) is 4.29. The largest absolute Gasteiger partial charge is 0.370 e. The Morgan fingerprint density at radius 1 is 1.21 bits per heavy atom. The molecule has 0 bridgehead atoms. The molecule has 0 saturated heterocycles. The molecule has 5 nitrogen and oxygen atoms in total. The van der Waals surface area contributed by atoms with Gasteiger partial charge in [0.15, 0.2) is 0 Å². The molecule has 0 radical (unpaired) electrons. The van der Waals surface area contributed by atoms with Crippen LogP contribution in [0.5, 0.6) is 0 Å². The molecule has 5 heteroatoms. The zero-order valence-electron chi connectivity index (χ0n) is 11.3. The van der Waals surface area contributed by atoms with Crippen LogP contribution >= 0.6 is 0 Å². The Morgan fingerprint density at radius 3 is 2.84 bits per heavy atom. The van der Waals surface area contributed by atoms with E-state index in [0.29, 0.717) is 5.95 Å². The van der Waals surface area contributed by atoms with Gasteiger partial charge in [-0.3, -0.25) is 4.98 Å². The van der Waals surface area contributed by atoms with Crippen molar-refractivity contribution in [3.8, 4) is 0 Å². The maximum absolute atomic E-state index is 4.41. The molecule has 0 aliphatic rings. The van der Waals surface area contributed by atoms with Gasteiger partial charge < -0.3 is 10.6 Å². The van der Waals surface area contributed by atoms with E-state index in [1.807, 2.05) is 32.2 Å². The van der Waals surface area contributed by atoms with Gasteiger partial charge in [0.05, 0.1) is 0 Å². The SMILES string of the molecule is CCNc1nc(C)cc(NCCc2cccnc2)n1. The number of rotatable bonds is 6. The number of pyridine rings is 1. The molecule has 0 saturated carbocycles. The summed E-state index contributed by atoms with van der Waals surface area (Å²) >= 11 is 0. The van der Waals surface area contributed by atoms with Gasteiger partial charge in [-0.2, -0.15) is 4.98 Å². The van der Waals surface area contributed by atoms with E-state index in [0.717, 1.165) is 31.0 Å². The minimum absolute atomic E-state index is 0.673. The van der Waals surface area contributed by atoms with E-state index in [2.05, 4.69) is 31.7 Å². The molecular weight excluding hydrogens is 238 g/mol. The summed E-state index contributed by atoms with van der Waals surface area (Å²) in [4.78, 5) is 12.8. The fourth-order valence-electron chi connectivity index (χ4n) is 1.78. The lowest BCUT2D eigenvalue weighted by molar-refractivity contribution is 0.978. The average molecular weight is 257 g/mol. The van der Waals surface area contributed by atoms with E-state index in [4.69, 9.17) is 0 Å². The van der Waals surface area contributed by atoms with Crippen molar-refractivity contribution in [2.75, 3.05) is 23.7 Å². The maximum atomic E-state index is 4.41. The molecule has 0 unspecified atom stereocenters. The van der Waals surface area contributed by atoms with Crippen molar-refractivity contribution in [2.24, 2.45) is 0 Å². The molecule has 2 aromatic rings. The van der Waals surface area contributed by atoms with E-state index in [9.17, 15) is 0 Å². The maximum Gasteiger partial charge on any atom is 0.224 e. The molecule has 0 aromatic carbocycles. The Balaban J connectivity index is 1.92. The normalized spacial score (nSPS) is 10.2. The molecule has 0 spiro atoms. The van der Waals surface area contributed by atoms with Crippen molar-refractivity contribution in [3.05, 3.63) is 41.9 Å². The molecule has 2 N–H and O–H groups in total. The quantitative estimate of drug-likeness (QED) is 0.831. The van der Waals surface area contributed by atoms with Crippen LogP contribution in [0.3, 0.4) is 0 Å². The summed E-state index contributed by atoms with van der Waals surface area (Å²) < 4.78 is 0. The molecule has 0 fully saturated rings. The third-order valence-corrected chi connectivity index (χ3v) is 2.63. The third-order valence-electron chi connectivity index (χ3n) is 2.63. The average Bonchev–Trinajstić information content (AvgIpc) is 2.40. The van der Waals surface area contributed by atoms with Crippen LogP contribution in [0, 0.1) is 6.92 Å².